The number of carbonyl (C=O) groups is 1. The van der Waals surface area contributed by atoms with Crippen LogP contribution in [0.3, 0.4) is 0 Å². The van der Waals surface area contributed by atoms with Gasteiger partial charge in [-0.05, 0) is 37.1 Å². The number of benzene rings is 1. The molecular weight excluding hydrogens is 290 g/mol. The van der Waals surface area contributed by atoms with Gasteiger partial charge in [0.05, 0.1) is 6.20 Å². The van der Waals surface area contributed by atoms with E-state index in [4.69, 9.17) is 5.11 Å². The normalized spacial score (nSPS) is 19.1. The van der Waals surface area contributed by atoms with E-state index in [-0.39, 0.29) is 11.1 Å². The molecule has 2 aliphatic rings. The summed E-state index contributed by atoms with van der Waals surface area (Å²) in [4.78, 5) is 13.5. The summed E-state index contributed by atoms with van der Waals surface area (Å²) in [5.74, 6) is -0.946. The topological polar surface area (TPSA) is 69.2 Å². The molecule has 1 saturated heterocycles. The number of aromatic amines is 1. The molecule has 1 aromatic carbocycles. The third kappa shape index (κ3) is 2.37. The molecule has 4 rings (SSSR count). The van der Waals surface area contributed by atoms with Crippen LogP contribution in [0.2, 0.25) is 0 Å². The summed E-state index contributed by atoms with van der Waals surface area (Å²) in [6.07, 6.45) is 8.36. The van der Waals surface area contributed by atoms with E-state index < -0.39 is 5.97 Å². The molecule has 5 heteroatoms. The summed E-state index contributed by atoms with van der Waals surface area (Å²) < 4.78 is 0. The first-order valence-corrected chi connectivity index (χ1v) is 7.95. The molecule has 0 amide bonds. The standard InChI is InChI=1S/C18H19N3O2/c22-17(23)16-14(11-19-20-16)12-21-9-7-18(8-10-21)6-5-13-3-1-2-4-15(13)18/h1-6,11H,7-10,12H2,(H,19,20)(H,22,23). The Kier molecular flexibility index (Phi) is 3.31. The number of likely N-dealkylation sites (tertiary alicyclic amines) is 1. The van der Waals surface area contributed by atoms with Crippen LogP contribution in [0.1, 0.15) is 40.0 Å². The van der Waals surface area contributed by atoms with Gasteiger partial charge in [0.25, 0.3) is 0 Å². The quantitative estimate of drug-likeness (QED) is 0.914. The lowest BCUT2D eigenvalue weighted by molar-refractivity contribution is 0.0687. The van der Waals surface area contributed by atoms with Gasteiger partial charge in [0.2, 0.25) is 0 Å². The van der Waals surface area contributed by atoms with Crippen molar-refractivity contribution < 1.29 is 9.90 Å². The number of piperidine rings is 1. The van der Waals surface area contributed by atoms with Crippen molar-refractivity contribution >= 4 is 12.0 Å². The zero-order valence-electron chi connectivity index (χ0n) is 12.8. The molecule has 1 aliphatic heterocycles. The van der Waals surface area contributed by atoms with Crippen LogP contribution < -0.4 is 0 Å². The number of aromatic carboxylic acids is 1. The highest BCUT2D eigenvalue weighted by Gasteiger charge is 2.37. The van der Waals surface area contributed by atoms with Gasteiger partial charge >= 0.3 is 5.97 Å². The van der Waals surface area contributed by atoms with Crippen molar-refractivity contribution in [2.24, 2.45) is 0 Å². The molecule has 1 fully saturated rings. The smallest absolute Gasteiger partial charge is 0.354 e. The molecule has 2 N–H and O–H groups in total. The second-order valence-corrected chi connectivity index (χ2v) is 6.43. The zero-order valence-corrected chi connectivity index (χ0v) is 12.8. The van der Waals surface area contributed by atoms with Crippen LogP contribution in [-0.2, 0) is 12.0 Å². The maximum Gasteiger partial charge on any atom is 0.354 e. The molecule has 2 heterocycles. The fraction of sp³-hybridized carbons (Fsp3) is 0.333. The number of fused-ring (bicyclic) bond motifs is 2. The average Bonchev–Trinajstić information content (AvgIpc) is 3.16. The molecule has 5 nitrogen and oxygen atoms in total. The van der Waals surface area contributed by atoms with Crippen molar-refractivity contribution in [3.05, 3.63) is 58.9 Å². The number of rotatable bonds is 3. The minimum atomic E-state index is -0.946. The lowest BCUT2D eigenvalue weighted by atomic mass is 9.74. The van der Waals surface area contributed by atoms with Crippen molar-refractivity contribution in [3.8, 4) is 0 Å². The Bertz CT molecular complexity index is 770. The van der Waals surface area contributed by atoms with E-state index >= 15 is 0 Å². The number of hydrogen-bond donors (Lipinski definition) is 2. The zero-order chi connectivity index (χ0) is 15.9. The van der Waals surface area contributed by atoms with E-state index in [1.807, 2.05) is 0 Å². The lowest BCUT2D eigenvalue weighted by Gasteiger charge is -2.39. The molecule has 1 aromatic heterocycles. The highest BCUT2D eigenvalue weighted by Crippen LogP contribution is 2.43. The highest BCUT2D eigenvalue weighted by atomic mass is 16.4. The first-order chi connectivity index (χ1) is 11.2. The van der Waals surface area contributed by atoms with Crippen LogP contribution in [0, 0.1) is 0 Å². The van der Waals surface area contributed by atoms with Crippen molar-refractivity contribution in [2.45, 2.75) is 24.8 Å². The van der Waals surface area contributed by atoms with Gasteiger partial charge in [-0.15, -0.1) is 0 Å². The molecule has 0 unspecified atom stereocenters. The first-order valence-electron chi connectivity index (χ1n) is 7.95. The maximum absolute atomic E-state index is 11.2. The Morgan fingerprint density at radius 2 is 2.09 bits per heavy atom. The van der Waals surface area contributed by atoms with E-state index in [1.165, 1.54) is 11.1 Å². The Morgan fingerprint density at radius 3 is 2.87 bits per heavy atom. The summed E-state index contributed by atoms with van der Waals surface area (Å²) in [5.41, 5.74) is 3.91. The largest absolute Gasteiger partial charge is 0.477 e. The number of nitrogens with zero attached hydrogens (tertiary/aromatic N) is 2. The first kappa shape index (κ1) is 14.2. The van der Waals surface area contributed by atoms with Crippen LogP contribution in [0.25, 0.3) is 6.08 Å². The van der Waals surface area contributed by atoms with Gasteiger partial charge in [-0.2, -0.15) is 5.10 Å². The molecular formula is C18H19N3O2. The minimum absolute atomic E-state index is 0.166. The van der Waals surface area contributed by atoms with Crippen LogP contribution in [0.4, 0.5) is 0 Å². The Balaban J connectivity index is 1.47. The fourth-order valence-corrected chi connectivity index (χ4v) is 3.84. The van der Waals surface area contributed by atoms with Crippen LogP contribution in [-0.4, -0.2) is 39.3 Å². The third-order valence-electron chi connectivity index (χ3n) is 5.15. The maximum atomic E-state index is 11.2. The van der Waals surface area contributed by atoms with E-state index in [1.54, 1.807) is 6.20 Å². The molecule has 1 spiro atoms. The number of hydrogen-bond acceptors (Lipinski definition) is 3. The second-order valence-electron chi connectivity index (χ2n) is 6.43. The van der Waals surface area contributed by atoms with Crippen molar-refractivity contribution in [2.75, 3.05) is 13.1 Å². The van der Waals surface area contributed by atoms with Crippen molar-refractivity contribution in [1.82, 2.24) is 15.1 Å². The van der Waals surface area contributed by atoms with Crippen LogP contribution >= 0.6 is 0 Å². The highest BCUT2D eigenvalue weighted by molar-refractivity contribution is 5.86. The summed E-state index contributed by atoms with van der Waals surface area (Å²) >= 11 is 0. The van der Waals surface area contributed by atoms with Gasteiger partial charge < -0.3 is 5.11 Å². The summed E-state index contributed by atoms with van der Waals surface area (Å²) in [5, 5.41) is 15.6. The molecule has 0 radical (unpaired) electrons. The summed E-state index contributed by atoms with van der Waals surface area (Å²) in [6.45, 7) is 2.56. The van der Waals surface area contributed by atoms with Crippen molar-refractivity contribution in [1.29, 1.82) is 0 Å². The molecule has 2 aromatic rings. The number of aromatic nitrogens is 2. The predicted octanol–water partition coefficient (Wildman–Crippen LogP) is 2.67. The molecule has 0 bridgehead atoms. The Morgan fingerprint density at radius 1 is 1.30 bits per heavy atom. The van der Waals surface area contributed by atoms with Gasteiger partial charge in [-0.3, -0.25) is 10.00 Å². The van der Waals surface area contributed by atoms with Gasteiger partial charge in [0, 0.05) is 17.5 Å². The SMILES string of the molecule is O=C(O)c1[nH]ncc1CN1CCC2(C=Cc3ccccc32)CC1. The summed E-state index contributed by atoms with van der Waals surface area (Å²) in [7, 11) is 0. The Hall–Kier alpha value is -2.40. The third-order valence-corrected chi connectivity index (χ3v) is 5.15. The number of allylic oxidation sites excluding steroid dienone is 1. The Labute approximate surface area is 134 Å². The summed E-state index contributed by atoms with van der Waals surface area (Å²) in [6, 6.07) is 8.62. The minimum Gasteiger partial charge on any atom is -0.477 e. The van der Waals surface area contributed by atoms with E-state index in [0.29, 0.717) is 6.54 Å². The molecule has 23 heavy (non-hydrogen) atoms. The van der Waals surface area contributed by atoms with E-state index in [2.05, 4.69) is 51.5 Å². The number of nitrogens with one attached hydrogen (secondary N) is 1. The molecule has 0 saturated carbocycles. The van der Waals surface area contributed by atoms with E-state index in [9.17, 15) is 4.79 Å². The van der Waals surface area contributed by atoms with Crippen LogP contribution in [0.5, 0.6) is 0 Å². The molecule has 118 valence electrons. The molecule has 0 atom stereocenters. The van der Waals surface area contributed by atoms with Crippen LogP contribution in [0.15, 0.2) is 36.5 Å². The number of carboxylic acid groups (broad SMARTS) is 1. The number of H-pyrrole nitrogens is 1. The van der Waals surface area contributed by atoms with Gasteiger partial charge in [-0.25, -0.2) is 4.79 Å². The average molecular weight is 309 g/mol. The molecule has 1 aliphatic carbocycles. The second kappa shape index (κ2) is 5.35. The van der Waals surface area contributed by atoms with Gasteiger partial charge in [0.15, 0.2) is 0 Å². The van der Waals surface area contributed by atoms with Gasteiger partial charge in [0.1, 0.15) is 5.69 Å². The monoisotopic (exact) mass is 309 g/mol. The fourth-order valence-electron chi connectivity index (χ4n) is 3.84. The number of carboxylic acids is 1. The van der Waals surface area contributed by atoms with Crippen molar-refractivity contribution in [3.63, 3.8) is 0 Å². The predicted molar refractivity (Wildman–Crippen MR) is 87.2 cm³/mol. The lowest BCUT2D eigenvalue weighted by Crippen LogP contribution is -2.40. The van der Waals surface area contributed by atoms with E-state index in [0.717, 1.165) is 31.5 Å². The van der Waals surface area contributed by atoms with Gasteiger partial charge in [-0.1, -0.05) is 36.4 Å².